The Bertz CT molecular complexity index is 552. The van der Waals surface area contributed by atoms with Gasteiger partial charge >= 0.3 is 0 Å². The Kier molecular flexibility index (Phi) is 3.35. The number of ether oxygens (including phenoxy) is 1. The van der Waals surface area contributed by atoms with Crippen molar-refractivity contribution in [1.29, 1.82) is 0 Å². The Labute approximate surface area is 111 Å². The summed E-state index contributed by atoms with van der Waals surface area (Å²) >= 11 is 6.04. The van der Waals surface area contributed by atoms with E-state index in [1.165, 1.54) is 0 Å². The van der Waals surface area contributed by atoms with Crippen molar-refractivity contribution in [3.63, 3.8) is 0 Å². The minimum absolute atomic E-state index is 0.253. The Morgan fingerprint density at radius 1 is 1.22 bits per heavy atom. The van der Waals surface area contributed by atoms with Gasteiger partial charge in [-0.05, 0) is 49.5 Å². The van der Waals surface area contributed by atoms with E-state index >= 15 is 0 Å². The molecule has 0 bridgehead atoms. The van der Waals surface area contributed by atoms with Crippen LogP contribution in [-0.2, 0) is 0 Å². The van der Waals surface area contributed by atoms with Crippen molar-refractivity contribution in [3.8, 4) is 5.88 Å². The lowest BCUT2D eigenvalue weighted by atomic mass is 10.1. The molecule has 0 aliphatic carbocycles. The van der Waals surface area contributed by atoms with Gasteiger partial charge in [0.15, 0.2) is 0 Å². The third-order valence-corrected chi connectivity index (χ3v) is 3.49. The molecule has 0 unspecified atom stereocenters. The average molecular weight is 263 g/mol. The number of piperidine rings is 1. The van der Waals surface area contributed by atoms with Gasteiger partial charge in [0.25, 0.3) is 0 Å². The van der Waals surface area contributed by atoms with Crippen LogP contribution in [0.15, 0.2) is 30.5 Å². The average Bonchev–Trinajstić information content (AvgIpc) is 2.41. The lowest BCUT2D eigenvalue weighted by Gasteiger charge is -2.23. The van der Waals surface area contributed by atoms with Crippen LogP contribution in [0.1, 0.15) is 12.8 Å². The molecule has 18 heavy (non-hydrogen) atoms. The highest BCUT2D eigenvalue weighted by Gasteiger charge is 2.16. The van der Waals surface area contributed by atoms with Crippen molar-refractivity contribution in [1.82, 2.24) is 10.3 Å². The topological polar surface area (TPSA) is 34.1 Å². The van der Waals surface area contributed by atoms with E-state index in [-0.39, 0.29) is 6.10 Å². The van der Waals surface area contributed by atoms with Gasteiger partial charge in [-0.25, -0.2) is 4.98 Å². The number of pyridine rings is 1. The van der Waals surface area contributed by atoms with Gasteiger partial charge < -0.3 is 10.1 Å². The standard InChI is InChI=1S/C14H15ClN2O/c15-11-2-1-10-3-8-17-14(13(10)9-11)18-12-4-6-16-7-5-12/h1-3,8-9,12,16H,4-7H2. The zero-order valence-corrected chi connectivity index (χ0v) is 10.8. The number of nitrogens with one attached hydrogen (secondary N) is 1. The molecule has 0 saturated carbocycles. The van der Waals surface area contributed by atoms with Crippen LogP contribution >= 0.6 is 11.6 Å². The first kappa shape index (κ1) is 11.8. The summed E-state index contributed by atoms with van der Waals surface area (Å²) in [6.45, 7) is 2.02. The first-order chi connectivity index (χ1) is 8.83. The number of hydrogen-bond donors (Lipinski definition) is 1. The van der Waals surface area contributed by atoms with Crippen LogP contribution in [0.2, 0.25) is 5.02 Å². The SMILES string of the molecule is Clc1ccc2ccnc(OC3CCNCC3)c2c1. The van der Waals surface area contributed by atoms with Gasteiger partial charge in [-0.1, -0.05) is 17.7 Å². The number of halogens is 1. The molecule has 3 nitrogen and oxygen atoms in total. The Balaban J connectivity index is 1.92. The molecule has 94 valence electrons. The van der Waals surface area contributed by atoms with Gasteiger partial charge in [0.05, 0.1) is 0 Å². The third-order valence-electron chi connectivity index (χ3n) is 3.26. The first-order valence-electron chi connectivity index (χ1n) is 6.24. The molecule has 1 aliphatic heterocycles. The van der Waals surface area contributed by atoms with Gasteiger partial charge in [-0.3, -0.25) is 0 Å². The van der Waals surface area contributed by atoms with E-state index in [9.17, 15) is 0 Å². The first-order valence-corrected chi connectivity index (χ1v) is 6.62. The fraction of sp³-hybridized carbons (Fsp3) is 0.357. The van der Waals surface area contributed by atoms with Crippen LogP contribution in [0.5, 0.6) is 5.88 Å². The highest BCUT2D eigenvalue weighted by molar-refractivity contribution is 6.31. The van der Waals surface area contributed by atoms with Crippen molar-refractivity contribution in [2.75, 3.05) is 13.1 Å². The predicted octanol–water partition coefficient (Wildman–Crippen LogP) is 3.02. The number of hydrogen-bond acceptors (Lipinski definition) is 3. The minimum Gasteiger partial charge on any atom is -0.474 e. The second-order valence-corrected chi connectivity index (χ2v) is 4.99. The number of aromatic nitrogens is 1. The van der Waals surface area contributed by atoms with Gasteiger partial charge in [0, 0.05) is 16.6 Å². The molecule has 0 atom stereocenters. The fourth-order valence-electron chi connectivity index (χ4n) is 2.28. The van der Waals surface area contributed by atoms with Crippen LogP contribution in [-0.4, -0.2) is 24.2 Å². The van der Waals surface area contributed by atoms with Crippen LogP contribution < -0.4 is 10.1 Å². The van der Waals surface area contributed by atoms with Crippen molar-refractivity contribution < 1.29 is 4.74 Å². The highest BCUT2D eigenvalue weighted by atomic mass is 35.5. The van der Waals surface area contributed by atoms with Gasteiger partial charge in [0.1, 0.15) is 6.10 Å². The second kappa shape index (κ2) is 5.12. The van der Waals surface area contributed by atoms with E-state index in [0.29, 0.717) is 10.9 Å². The van der Waals surface area contributed by atoms with E-state index in [1.807, 2.05) is 24.3 Å². The molecule has 1 aromatic carbocycles. The third kappa shape index (κ3) is 2.42. The molecule has 2 heterocycles. The van der Waals surface area contributed by atoms with Crippen molar-refractivity contribution >= 4 is 22.4 Å². The monoisotopic (exact) mass is 262 g/mol. The molecule has 0 amide bonds. The van der Waals surface area contributed by atoms with Crippen molar-refractivity contribution in [3.05, 3.63) is 35.5 Å². The molecule has 0 radical (unpaired) electrons. The summed E-state index contributed by atoms with van der Waals surface area (Å²) in [7, 11) is 0. The molecule has 0 spiro atoms. The Morgan fingerprint density at radius 2 is 2.06 bits per heavy atom. The van der Waals surface area contributed by atoms with E-state index < -0.39 is 0 Å². The van der Waals surface area contributed by atoms with Crippen LogP contribution in [0, 0.1) is 0 Å². The molecule has 2 aromatic rings. The van der Waals surface area contributed by atoms with E-state index in [1.54, 1.807) is 6.20 Å². The quantitative estimate of drug-likeness (QED) is 0.903. The summed E-state index contributed by atoms with van der Waals surface area (Å²) in [5.74, 6) is 0.696. The number of rotatable bonds is 2. The molecule has 1 aromatic heterocycles. The number of benzene rings is 1. The van der Waals surface area contributed by atoms with E-state index in [4.69, 9.17) is 16.3 Å². The molecular weight excluding hydrogens is 248 g/mol. The van der Waals surface area contributed by atoms with Crippen LogP contribution in [0.3, 0.4) is 0 Å². The number of fused-ring (bicyclic) bond motifs is 1. The molecule has 1 aliphatic rings. The maximum Gasteiger partial charge on any atom is 0.221 e. The van der Waals surface area contributed by atoms with Crippen LogP contribution in [0.25, 0.3) is 10.8 Å². The molecule has 1 N–H and O–H groups in total. The maximum absolute atomic E-state index is 6.04. The molecule has 3 rings (SSSR count). The molecular formula is C14H15ClN2O. The Morgan fingerprint density at radius 3 is 2.89 bits per heavy atom. The zero-order chi connectivity index (χ0) is 12.4. The molecule has 4 heteroatoms. The van der Waals surface area contributed by atoms with E-state index in [0.717, 1.165) is 36.7 Å². The summed E-state index contributed by atoms with van der Waals surface area (Å²) in [4.78, 5) is 4.34. The molecule has 1 fully saturated rings. The highest BCUT2D eigenvalue weighted by Crippen LogP contribution is 2.27. The van der Waals surface area contributed by atoms with Gasteiger partial charge in [0.2, 0.25) is 5.88 Å². The lowest BCUT2D eigenvalue weighted by molar-refractivity contribution is 0.158. The summed E-state index contributed by atoms with van der Waals surface area (Å²) in [6.07, 6.45) is 4.09. The van der Waals surface area contributed by atoms with Gasteiger partial charge in [-0.2, -0.15) is 0 Å². The number of nitrogens with zero attached hydrogens (tertiary/aromatic N) is 1. The van der Waals surface area contributed by atoms with Crippen molar-refractivity contribution in [2.45, 2.75) is 18.9 Å². The maximum atomic E-state index is 6.04. The lowest BCUT2D eigenvalue weighted by Crippen LogP contribution is -2.34. The van der Waals surface area contributed by atoms with Crippen LogP contribution in [0.4, 0.5) is 0 Å². The zero-order valence-electron chi connectivity index (χ0n) is 10.0. The normalized spacial score (nSPS) is 16.9. The fourth-order valence-corrected chi connectivity index (χ4v) is 2.45. The minimum atomic E-state index is 0.253. The smallest absolute Gasteiger partial charge is 0.221 e. The summed E-state index contributed by atoms with van der Waals surface area (Å²) < 4.78 is 6.01. The summed E-state index contributed by atoms with van der Waals surface area (Å²) in [5, 5.41) is 6.14. The van der Waals surface area contributed by atoms with Crippen molar-refractivity contribution in [2.24, 2.45) is 0 Å². The molecule has 1 saturated heterocycles. The summed E-state index contributed by atoms with van der Waals surface area (Å²) in [6, 6.07) is 7.77. The predicted molar refractivity (Wildman–Crippen MR) is 73.3 cm³/mol. The largest absolute Gasteiger partial charge is 0.474 e. The van der Waals surface area contributed by atoms with Gasteiger partial charge in [-0.15, -0.1) is 0 Å². The Hall–Kier alpha value is -1.32. The summed E-state index contributed by atoms with van der Waals surface area (Å²) in [5.41, 5.74) is 0. The van der Waals surface area contributed by atoms with E-state index in [2.05, 4.69) is 10.3 Å². The second-order valence-electron chi connectivity index (χ2n) is 4.55.